The van der Waals surface area contributed by atoms with Crippen LogP contribution in [0.25, 0.3) is 0 Å². The zero-order chi connectivity index (χ0) is 13.5. The van der Waals surface area contributed by atoms with E-state index in [0.717, 1.165) is 36.5 Å². The van der Waals surface area contributed by atoms with Crippen LogP contribution in [0.5, 0.6) is 0 Å². The summed E-state index contributed by atoms with van der Waals surface area (Å²) in [6.07, 6.45) is 3.12. The smallest absolute Gasteiger partial charge is 0.0989 e. The second-order valence-electron chi connectivity index (χ2n) is 6.08. The predicted octanol–water partition coefficient (Wildman–Crippen LogP) is 3.57. The largest absolute Gasteiger partial charge is 0.384 e. The summed E-state index contributed by atoms with van der Waals surface area (Å²) in [5, 5.41) is 11.0. The molecule has 2 saturated heterocycles. The minimum Gasteiger partial charge on any atom is -0.384 e. The maximum absolute atomic E-state index is 11.0. The van der Waals surface area contributed by atoms with Crippen molar-refractivity contribution in [3.05, 3.63) is 21.9 Å². The van der Waals surface area contributed by atoms with Crippen LogP contribution in [0.15, 0.2) is 12.1 Å². The summed E-state index contributed by atoms with van der Waals surface area (Å²) in [5.41, 5.74) is -0.660. The highest BCUT2D eigenvalue weighted by atomic mass is 32.2. The van der Waals surface area contributed by atoms with Crippen molar-refractivity contribution in [1.82, 2.24) is 0 Å². The fourth-order valence-corrected chi connectivity index (χ4v) is 5.65. The Morgan fingerprint density at radius 3 is 2.95 bits per heavy atom. The van der Waals surface area contributed by atoms with Crippen LogP contribution in [0.3, 0.4) is 0 Å². The molecule has 0 amide bonds. The molecule has 1 aromatic heterocycles. The van der Waals surface area contributed by atoms with Gasteiger partial charge >= 0.3 is 0 Å². The van der Waals surface area contributed by atoms with Crippen LogP contribution in [-0.4, -0.2) is 28.8 Å². The lowest BCUT2D eigenvalue weighted by molar-refractivity contribution is -0.128. The molecule has 0 saturated carbocycles. The van der Waals surface area contributed by atoms with Crippen LogP contribution < -0.4 is 0 Å². The van der Waals surface area contributed by atoms with E-state index in [1.54, 1.807) is 11.3 Å². The van der Waals surface area contributed by atoms with Crippen LogP contribution in [0.4, 0.5) is 0 Å². The summed E-state index contributed by atoms with van der Waals surface area (Å²) in [6, 6.07) is 4.19. The first-order valence-corrected chi connectivity index (χ1v) is 9.00. The lowest BCUT2D eigenvalue weighted by atomic mass is 9.75. The van der Waals surface area contributed by atoms with Gasteiger partial charge in [-0.1, -0.05) is 0 Å². The van der Waals surface area contributed by atoms with Crippen LogP contribution in [0, 0.1) is 12.8 Å². The van der Waals surface area contributed by atoms with E-state index in [4.69, 9.17) is 4.74 Å². The van der Waals surface area contributed by atoms with Crippen molar-refractivity contribution in [2.24, 2.45) is 5.92 Å². The molecule has 0 bridgehead atoms. The van der Waals surface area contributed by atoms with Crippen molar-refractivity contribution in [3.63, 3.8) is 0 Å². The van der Waals surface area contributed by atoms with Crippen molar-refractivity contribution >= 4 is 23.1 Å². The molecule has 0 aromatic carbocycles. The predicted molar refractivity (Wildman–Crippen MR) is 82.0 cm³/mol. The molecule has 3 unspecified atom stereocenters. The number of hydrogen-bond donors (Lipinski definition) is 1. The number of hydrogen-bond acceptors (Lipinski definition) is 4. The van der Waals surface area contributed by atoms with E-state index in [9.17, 15) is 5.11 Å². The number of thiophene rings is 1. The normalized spacial score (nSPS) is 34.6. The van der Waals surface area contributed by atoms with Crippen molar-refractivity contribution in [3.8, 4) is 0 Å². The molecule has 3 heterocycles. The second-order valence-corrected chi connectivity index (χ2v) is 8.47. The van der Waals surface area contributed by atoms with E-state index < -0.39 is 5.60 Å². The molecule has 4 heteroatoms. The van der Waals surface area contributed by atoms with Gasteiger partial charge in [0.05, 0.1) is 11.2 Å². The van der Waals surface area contributed by atoms with Gasteiger partial charge in [-0.25, -0.2) is 0 Å². The first-order chi connectivity index (χ1) is 9.02. The van der Waals surface area contributed by atoms with Gasteiger partial charge in [-0.15, -0.1) is 11.3 Å². The lowest BCUT2D eigenvalue weighted by Crippen LogP contribution is -2.46. The summed E-state index contributed by atoms with van der Waals surface area (Å²) >= 11 is 3.71. The molecule has 19 heavy (non-hydrogen) atoms. The highest BCUT2D eigenvalue weighted by Gasteiger charge is 2.46. The van der Waals surface area contributed by atoms with Gasteiger partial charge in [0.2, 0.25) is 0 Å². The van der Waals surface area contributed by atoms with Gasteiger partial charge in [0.15, 0.2) is 0 Å². The highest BCUT2D eigenvalue weighted by molar-refractivity contribution is 7.99. The Bertz CT molecular complexity index is 447. The molecule has 2 fully saturated rings. The van der Waals surface area contributed by atoms with Gasteiger partial charge in [-0.3, -0.25) is 0 Å². The molecule has 2 nitrogen and oxygen atoms in total. The zero-order valence-corrected chi connectivity index (χ0v) is 13.3. The van der Waals surface area contributed by atoms with Gasteiger partial charge in [0.1, 0.15) is 0 Å². The zero-order valence-electron chi connectivity index (χ0n) is 11.6. The molecule has 1 aromatic rings. The average molecular weight is 298 g/mol. The fourth-order valence-electron chi connectivity index (χ4n) is 3.28. The third kappa shape index (κ3) is 2.60. The molecule has 106 valence electrons. The van der Waals surface area contributed by atoms with E-state index in [2.05, 4.69) is 19.1 Å². The van der Waals surface area contributed by atoms with E-state index in [1.807, 2.05) is 18.7 Å². The van der Waals surface area contributed by atoms with E-state index in [0.29, 0.717) is 5.92 Å². The van der Waals surface area contributed by atoms with Crippen LogP contribution in [-0.2, 0) is 10.3 Å². The standard InChI is InChI=1S/C15H22O2S2/c1-11-3-4-13(19-11)14(2,16)12-5-7-17-15(9-12)6-8-18-10-15/h3-4,12,16H,5-10H2,1-2H3. The van der Waals surface area contributed by atoms with Gasteiger partial charge in [0, 0.05) is 22.1 Å². The van der Waals surface area contributed by atoms with E-state index in [1.165, 1.54) is 10.6 Å². The summed E-state index contributed by atoms with van der Waals surface area (Å²) in [4.78, 5) is 2.38. The van der Waals surface area contributed by atoms with Crippen LogP contribution >= 0.6 is 23.1 Å². The van der Waals surface area contributed by atoms with Gasteiger partial charge in [-0.2, -0.15) is 11.8 Å². The Balaban J connectivity index is 1.80. The molecule has 1 N–H and O–H groups in total. The number of rotatable bonds is 2. The first kappa shape index (κ1) is 13.9. The van der Waals surface area contributed by atoms with Crippen molar-refractivity contribution < 1.29 is 9.84 Å². The Morgan fingerprint density at radius 1 is 1.47 bits per heavy atom. The Morgan fingerprint density at radius 2 is 2.32 bits per heavy atom. The SMILES string of the molecule is Cc1ccc(C(C)(O)C2CCOC3(CCSC3)C2)s1. The van der Waals surface area contributed by atoms with Gasteiger partial charge in [-0.05, 0) is 56.9 Å². The molecule has 2 aliphatic heterocycles. The molecule has 3 rings (SSSR count). The Kier molecular flexibility index (Phi) is 3.71. The molecule has 2 aliphatic rings. The molecule has 0 radical (unpaired) electrons. The van der Waals surface area contributed by atoms with E-state index >= 15 is 0 Å². The summed E-state index contributed by atoms with van der Waals surface area (Å²) in [6.45, 7) is 4.89. The summed E-state index contributed by atoms with van der Waals surface area (Å²) < 4.78 is 6.06. The van der Waals surface area contributed by atoms with E-state index in [-0.39, 0.29) is 5.60 Å². The minimum absolute atomic E-state index is 0.0455. The number of thioether (sulfide) groups is 1. The molecular formula is C15H22O2S2. The highest BCUT2D eigenvalue weighted by Crippen LogP contribution is 2.47. The first-order valence-electron chi connectivity index (χ1n) is 7.03. The number of aryl methyl sites for hydroxylation is 1. The van der Waals surface area contributed by atoms with Crippen molar-refractivity contribution in [2.75, 3.05) is 18.1 Å². The summed E-state index contributed by atoms with van der Waals surface area (Å²) in [7, 11) is 0. The maximum Gasteiger partial charge on any atom is 0.0989 e. The van der Waals surface area contributed by atoms with Gasteiger partial charge < -0.3 is 9.84 Å². The third-order valence-corrected chi connectivity index (χ3v) is 7.04. The molecule has 1 spiro atoms. The Labute approximate surface area is 123 Å². The Hall–Kier alpha value is -0.0300. The quantitative estimate of drug-likeness (QED) is 0.905. The number of aliphatic hydroxyl groups is 1. The van der Waals surface area contributed by atoms with Gasteiger partial charge in [0.25, 0.3) is 0 Å². The molecule has 3 atom stereocenters. The fraction of sp³-hybridized carbons (Fsp3) is 0.733. The van der Waals surface area contributed by atoms with Crippen molar-refractivity contribution in [1.29, 1.82) is 0 Å². The monoisotopic (exact) mass is 298 g/mol. The topological polar surface area (TPSA) is 29.5 Å². The summed E-state index contributed by atoms with van der Waals surface area (Å²) in [5.74, 6) is 2.62. The second kappa shape index (κ2) is 5.06. The molecular weight excluding hydrogens is 276 g/mol. The lowest BCUT2D eigenvalue weighted by Gasteiger charge is -2.43. The maximum atomic E-state index is 11.0. The number of ether oxygens (including phenoxy) is 1. The van der Waals surface area contributed by atoms with Crippen LogP contribution in [0.1, 0.15) is 35.9 Å². The van der Waals surface area contributed by atoms with Crippen LogP contribution in [0.2, 0.25) is 0 Å². The van der Waals surface area contributed by atoms with Crippen molar-refractivity contribution in [2.45, 2.75) is 44.3 Å². The third-order valence-electron chi connectivity index (χ3n) is 4.59. The minimum atomic E-state index is -0.705. The molecule has 0 aliphatic carbocycles. The average Bonchev–Trinajstić information content (AvgIpc) is 3.00.